The molecule has 3 rings (SSSR count). The number of carbonyl (C=O) groups is 2. The summed E-state index contributed by atoms with van der Waals surface area (Å²) in [5.74, 6) is -0.171. The van der Waals surface area contributed by atoms with Gasteiger partial charge >= 0.3 is 5.97 Å². The van der Waals surface area contributed by atoms with Crippen molar-refractivity contribution in [1.29, 1.82) is 0 Å². The second kappa shape index (κ2) is 10.5. The van der Waals surface area contributed by atoms with Gasteiger partial charge in [-0.15, -0.1) is 5.10 Å². The van der Waals surface area contributed by atoms with Crippen molar-refractivity contribution >= 4 is 40.4 Å². The number of ether oxygens (including phenoxy) is 2. The normalized spacial score (nSPS) is 16.1. The van der Waals surface area contributed by atoms with Gasteiger partial charge in [0.25, 0.3) is 5.91 Å². The number of benzene rings is 2. The van der Waals surface area contributed by atoms with Gasteiger partial charge in [0.15, 0.2) is 10.2 Å². The Morgan fingerprint density at radius 2 is 1.84 bits per heavy atom. The third-order valence-electron chi connectivity index (χ3n) is 5.33. The maximum absolute atomic E-state index is 12.9. The average molecular weight is 548 g/mol. The molecule has 0 radical (unpaired) electrons. The van der Waals surface area contributed by atoms with Crippen molar-refractivity contribution in [2.75, 3.05) is 6.61 Å². The number of hydrazone groups is 1. The van der Waals surface area contributed by atoms with Crippen LogP contribution in [0.25, 0.3) is 0 Å². The third kappa shape index (κ3) is 6.31. The number of hydrogen-bond donors (Lipinski definition) is 0. The highest BCUT2D eigenvalue weighted by molar-refractivity contribution is 14.1. The summed E-state index contributed by atoms with van der Waals surface area (Å²) in [5, 5.41) is 5.83. The molecular weight excluding hydrogens is 519 g/mol. The van der Waals surface area contributed by atoms with Crippen molar-refractivity contribution in [2.24, 2.45) is 11.0 Å². The van der Waals surface area contributed by atoms with E-state index in [0.717, 1.165) is 23.1 Å². The van der Waals surface area contributed by atoms with Crippen molar-refractivity contribution in [3.63, 3.8) is 0 Å². The molecule has 0 saturated carbocycles. The molecule has 6 nitrogen and oxygen atoms in total. The van der Waals surface area contributed by atoms with Crippen LogP contribution in [0.5, 0.6) is 0 Å². The lowest BCUT2D eigenvalue weighted by molar-refractivity contribution is -0.151. The Hall–Kier alpha value is -2.42. The maximum Gasteiger partial charge on any atom is 0.314 e. The molecule has 0 aromatic heterocycles. The summed E-state index contributed by atoms with van der Waals surface area (Å²) >= 11 is 2.12. The van der Waals surface area contributed by atoms with E-state index in [4.69, 9.17) is 9.47 Å². The SMILES string of the molecule is CCC(C)C(C(=O)OC(C)(C)I)c1ccc(CN2N=C(c3ccccc3)OCC2=O)cc1. The van der Waals surface area contributed by atoms with Crippen LogP contribution in [0.15, 0.2) is 59.7 Å². The Morgan fingerprint density at radius 3 is 2.44 bits per heavy atom. The second-order valence-electron chi connectivity index (χ2n) is 8.40. The van der Waals surface area contributed by atoms with Crippen LogP contribution in [0.3, 0.4) is 0 Å². The molecule has 1 aliphatic heterocycles. The lowest BCUT2D eigenvalue weighted by Crippen LogP contribution is -2.36. The Bertz CT molecular complexity index is 968. The summed E-state index contributed by atoms with van der Waals surface area (Å²) < 4.78 is 10.6. The first-order valence-electron chi connectivity index (χ1n) is 10.8. The van der Waals surface area contributed by atoms with E-state index >= 15 is 0 Å². The number of alkyl halides is 1. The molecule has 2 unspecified atom stereocenters. The van der Waals surface area contributed by atoms with Crippen LogP contribution in [-0.2, 0) is 25.6 Å². The Morgan fingerprint density at radius 1 is 1.19 bits per heavy atom. The number of amides is 1. The average Bonchev–Trinajstić information content (AvgIpc) is 2.76. The highest BCUT2D eigenvalue weighted by atomic mass is 127. The van der Waals surface area contributed by atoms with Gasteiger partial charge in [0, 0.05) is 5.56 Å². The molecule has 7 heteroatoms. The van der Waals surface area contributed by atoms with E-state index in [9.17, 15) is 9.59 Å². The van der Waals surface area contributed by atoms with Gasteiger partial charge in [-0.2, -0.15) is 0 Å². The Labute approximate surface area is 203 Å². The predicted octanol–water partition coefficient (Wildman–Crippen LogP) is 5.25. The zero-order chi connectivity index (χ0) is 23.3. The van der Waals surface area contributed by atoms with E-state index in [1.54, 1.807) is 0 Å². The van der Waals surface area contributed by atoms with Crippen molar-refractivity contribution < 1.29 is 19.1 Å². The van der Waals surface area contributed by atoms with Crippen molar-refractivity contribution in [3.05, 3.63) is 71.3 Å². The molecule has 0 fully saturated rings. The summed E-state index contributed by atoms with van der Waals surface area (Å²) in [6, 6.07) is 17.3. The molecule has 32 heavy (non-hydrogen) atoms. The number of nitrogens with zero attached hydrogens (tertiary/aromatic N) is 2. The van der Waals surface area contributed by atoms with Crippen LogP contribution >= 0.6 is 22.6 Å². The highest BCUT2D eigenvalue weighted by Gasteiger charge is 2.31. The third-order valence-corrected chi connectivity index (χ3v) is 5.55. The molecule has 2 aromatic rings. The number of halogens is 1. The van der Waals surface area contributed by atoms with Gasteiger partial charge in [-0.1, -0.05) is 62.7 Å². The van der Waals surface area contributed by atoms with Gasteiger partial charge in [-0.3, -0.25) is 9.59 Å². The van der Waals surface area contributed by atoms with Gasteiger partial charge in [0.05, 0.1) is 12.5 Å². The van der Waals surface area contributed by atoms with Crippen LogP contribution in [0, 0.1) is 5.92 Å². The summed E-state index contributed by atoms with van der Waals surface area (Å²) in [5.41, 5.74) is 2.66. The summed E-state index contributed by atoms with van der Waals surface area (Å²) in [7, 11) is 0. The van der Waals surface area contributed by atoms with Gasteiger partial charge in [-0.25, -0.2) is 5.01 Å². The lowest BCUT2D eigenvalue weighted by atomic mass is 9.85. The molecule has 0 spiro atoms. The first kappa shape index (κ1) is 24.2. The van der Waals surface area contributed by atoms with Crippen LogP contribution < -0.4 is 0 Å². The zero-order valence-electron chi connectivity index (χ0n) is 18.9. The monoisotopic (exact) mass is 548 g/mol. The van der Waals surface area contributed by atoms with E-state index in [0.29, 0.717) is 12.4 Å². The smallest absolute Gasteiger partial charge is 0.314 e. The molecule has 0 bridgehead atoms. The number of carbonyl (C=O) groups excluding carboxylic acids is 2. The standard InChI is InChI=1S/C25H29IN2O4/c1-5-17(2)22(24(30)32-25(3,4)26)19-13-11-18(12-14-19)15-28-21(29)16-31-23(27-28)20-9-7-6-8-10-20/h6-14,17,22H,5,15-16H2,1-4H3. The predicted molar refractivity (Wildman–Crippen MR) is 132 cm³/mol. The van der Waals surface area contributed by atoms with Crippen LogP contribution in [-0.4, -0.2) is 33.0 Å². The number of rotatable bonds is 8. The summed E-state index contributed by atoms with van der Waals surface area (Å²) in [6.45, 7) is 8.16. The zero-order valence-corrected chi connectivity index (χ0v) is 21.0. The van der Waals surface area contributed by atoms with Gasteiger partial charge in [-0.05, 0) is 65.6 Å². The van der Waals surface area contributed by atoms with Crippen LogP contribution in [0.1, 0.15) is 56.7 Å². The lowest BCUT2D eigenvalue weighted by Gasteiger charge is -2.27. The molecule has 1 amide bonds. The molecule has 1 heterocycles. The van der Waals surface area contributed by atoms with E-state index in [1.807, 2.05) is 68.4 Å². The molecule has 0 N–H and O–H groups in total. The molecular formula is C25H29IN2O4. The Balaban J connectivity index is 1.78. The van der Waals surface area contributed by atoms with E-state index < -0.39 is 3.61 Å². The highest BCUT2D eigenvalue weighted by Crippen LogP contribution is 2.32. The van der Waals surface area contributed by atoms with E-state index in [2.05, 4.69) is 41.5 Å². The van der Waals surface area contributed by atoms with Gasteiger partial charge in [0.2, 0.25) is 5.90 Å². The largest absolute Gasteiger partial charge is 0.466 e. The van der Waals surface area contributed by atoms with Crippen molar-refractivity contribution in [3.8, 4) is 0 Å². The molecule has 170 valence electrons. The van der Waals surface area contributed by atoms with Crippen LogP contribution in [0.4, 0.5) is 0 Å². The fourth-order valence-electron chi connectivity index (χ4n) is 3.48. The maximum atomic E-state index is 12.9. The Kier molecular flexibility index (Phi) is 7.92. The topological polar surface area (TPSA) is 68.2 Å². The van der Waals surface area contributed by atoms with Crippen molar-refractivity contribution in [1.82, 2.24) is 5.01 Å². The van der Waals surface area contributed by atoms with Gasteiger partial charge < -0.3 is 9.47 Å². The van der Waals surface area contributed by atoms with Crippen LogP contribution in [0.2, 0.25) is 0 Å². The van der Waals surface area contributed by atoms with E-state index in [1.165, 1.54) is 5.01 Å². The number of esters is 1. The molecule has 1 aliphatic rings. The molecule has 2 aromatic carbocycles. The molecule has 0 aliphatic carbocycles. The fraction of sp³-hybridized carbons (Fsp3) is 0.400. The summed E-state index contributed by atoms with van der Waals surface area (Å²) in [4.78, 5) is 25.2. The minimum absolute atomic E-state index is 0.0418. The molecule has 2 atom stereocenters. The molecule has 0 saturated heterocycles. The van der Waals surface area contributed by atoms with E-state index in [-0.39, 0.29) is 30.3 Å². The van der Waals surface area contributed by atoms with Crippen molar-refractivity contribution in [2.45, 2.75) is 50.2 Å². The fourth-order valence-corrected chi connectivity index (χ4v) is 3.70. The van der Waals surface area contributed by atoms with Gasteiger partial charge in [0.1, 0.15) is 0 Å². The second-order valence-corrected chi connectivity index (χ2v) is 11.0. The number of hydrogen-bond acceptors (Lipinski definition) is 5. The minimum atomic E-state index is -0.564. The first-order valence-corrected chi connectivity index (χ1v) is 11.8. The minimum Gasteiger partial charge on any atom is -0.466 e. The quantitative estimate of drug-likeness (QED) is 0.257. The summed E-state index contributed by atoms with van der Waals surface area (Å²) in [6.07, 6.45) is 0.864. The first-order chi connectivity index (χ1) is 15.2.